The number of ether oxygens (including phenoxy) is 1. The number of anilines is 2. The molecule has 4 aromatic carbocycles. The molecule has 4 N–H and O–H groups in total. The molecule has 0 unspecified atom stereocenters. The molecule has 0 saturated heterocycles. The molecule has 200 valence electrons. The summed E-state index contributed by atoms with van der Waals surface area (Å²) in [6, 6.07) is 21.3. The summed E-state index contributed by atoms with van der Waals surface area (Å²) in [5.41, 5.74) is 13.6. The molecule has 2 aliphatic heterocycles. The third-order valence-electron chi connectivity index (χ3n) is 7.14. The van der Waals surface area contributed by atoms with Crippen molar-refractivity contribution in [3.63, 3.8) is 0 Å². The van der Waals surface area contributed by atoms with Gasteiger partial charge in [0, 0.05) is 52.0 Å². The monoisotopic (exact) mass is 541 g/mol. The predicted octanol–water partition coefficient (Wildman–Crippen LogP) is 6.42. The van der Waals surface area contributed by atoms with Gasteiger partial charge in [-0.2, -0.15) is 18.3 Å². The quantitative estimate of drug-likeness (QED) is 0.231. The molecule has 1 amide bonds. The zero-order chi connectivity index (χ0) is 28.2. The summed E-state index contributed by atoms with van der Waals surface area (Å²) in [4.78, 5) is 18.0. The van der Waals surface area contributed by atoms with E-state index in [0.717, 1.165) is 6.07 Å². The van der Waals surface area contributed by atoms with Crippen LogP contribution in [0.3, 0.4) is 0 Å². The molecule has 6 rings (SSSR count). The van der Waals surface area contributed by atoms with Gasteiger partial charge in [0.25, 0.3) is 5.91 Å². The summed E-state index contributed by atoms with van der Waals surface area (Å²) in [6.07, 6.45) is -1.95. The van der Waals surface area contributed by atoms with Crippen molar-refractivity contribution in [2.45, 2.75) is 18.6 Å². The van der Waals surface area contributed by atoms with E-state index < -0.39 is 17.3 Å². The second kappa shape index (κ2) is 8.98. The number of hydrazone groups is 1. The second-order valence-corrected chi connectivity index (χ2v) is 9.48. The molecule has 0 atom stereocenters. The van der Waals surface area contributed by atoms with E-state index >= 15 is 0 Å². The largest absolute Gasteiger partial charge is 0.456 e. The van der Waals surface area contributed by atoms with Gasteiger partial charge in [0.15, 0.2) is 0 Å². The summed E-state index contributed by atoms with van der Waals surface area (Å²) < 4.78 is 46.2. The van der Waals surface area contributed by atoms with Crippen molar-refractivity contribution >= 4 is 35.4 Å². The second-order valence-electron chi connectivity index (χ2n) is 9.48. The molecule has 0 aliphatic carbocycles. The van der Waals surface area contributed by atoms with E-state index in [9.17, 15) is 18.0 Å². The molecular weight excluding hydrogens is 519 g/mol. The van der Waals surface area contributed by atoms with Crippen LogP contribution in [0.25, 0.3) is 0 Å². The van der Waals surface area contributed by atoms with Crippen molar-refractivity contribution in [2.24, 2.45) is 10.1 Å². The molecule has 2 aliphatic rings. The highest BCUT2D eigenvalue weighted by molar-refractivity contribution is 6.17. The van der Waals surface area contributed by atoms with E-state index in [2.05, 4.69) is 10.1 Å². The van der Waals surface area contributed by atoms with Gasteiger partial charge in [0.05, 0.1) is 17.5 Å². The van der Waals surface area contributed by atoms with E-state index in [1.165, 1.54) is 36.5 Å². The molecule has 0 fully saturated rings. The van der Waals surface area contributed by atoms with Gasteiger partial charge in [-0.3, -0.25) is 9.79 Å². The maximum atomic E-state index is 13.8. The van der Waals surface area contributed by atoms with E-state index in [0.29, 0.717) is 45.1 Å². The number of aliphatic imine (C=N–C) groups is 1. The fraction of sp³-hybridized carbons (Fsp3) is 0.100. The SMILES string of the molecule is Cc1c(/N=C/C=N/N2C(=O)c3ccccc3C23c2ccc(N)cc2Oc2cc(N)ccc23)cccc1C(F)(F)F. The van der Waals surface area contributed by atoms with Gasteiger partial charge in [0.1, 0.15) is 17.0 Å². The summed E-state index contributed by atoms with van der Waals surface area (Å²) >= 11 is 0. The number of hydrogen-bond acceptors (Lipinski definition) is 6. The molecule has 10 heteroatoms. The van der Waals surface area contributed by atoms with Gasteiger partial charge < -0.3 is 16.2 Å². The van der Waals surface area contributed by atoms with Crippen molar-refractivity contribution < 1.29 is 22.7 Å². The third kappa shape index (κ3) is 3.71. The maximum Gasteiger partial charge on any atom is 0.416 e. The van der Waals surface area contributed by atoms with Crippen LogP contribution in [0.1, 0.15) is 38.2 Å². The van der Waals surface area contributed by atoms with Crippen LogP contribution in [0.2, 0.25) is 0 Å². The zero-order valence-corrected chi connectivity index (χ0v) is 21.1. The first-order chi connectivity index (χ1) is 19.1. The Morgan fingerprint density at radius 3 is 2.15 bits per heavy atom. The van der Waals surface area contributed by atoms with Crippen LogP contribution >= 0.6 is 0 Å². The third-order valence-corrected chi connectivity index (χ3v) is 7.14. The smallest absolute Gasteiger partial charge is 0.416 e. The number of benzene rings is 4. The Balaban J connectivity index is 1.51. The first-order valence-electron chi connectivity index (χ1n) is 12.3. The van der Waals surface area contributed by atoms with Crippen LogP contribution in [-0.4, -0.2) is 23.3 Å². The number of alkyl halides is 3. The number of rotatable bonds is 3. The first kappa shape index (κ1) is 25.2. The van der Waals surface area contributed by atoms with Crippen molar-refractivity contribution in [1.29, 1.82) is 0 Å². The number of nitrogen functional groups attached to an aromatic ring is 2. The fourth-order valence-electron chi connectivity index (χ4n) is 5.41. The minimum absolute atomic E-state index is 0.0109. The van der Waals surface area contributed by atoms with Crippen LogP contribution in [0.15, 0.2) is 89.0 Å². The molecule has 4 aromatic rings. The lowest BCUT2D eigenvalue weighted by atomic mass is 9.75. The van der Waals surface area contributed by atoms with Gasteiger partial charge in [-0.05, 0) is 42.8 Å². The van der Waals surface area contributed by atoms with E-state index in [1.807, 2.05) is 12.1 Å². The molecular formula is C30H22F3N5O2. The predicted molar refractivity (Wildman–Crippen MR) is 147 cm³/mol. The van der Waals surface area contributed by atoms with Gasteiger partial charge in [-0.15, -0.1) is 0 Å². The number of nitrogens with two attached hydrogens (primary N) is 2. The number of nitrogens with zero attached hydrogens (tertiary/aromatic N) is 3. The summed E-state index contributed by atoms with van der Waals surface area (Å²) in [7, 11) is 0. The fourth-order valence-corrected chi connectivity index (χ4v) is 5.41. The number of hydrogen-bond donors (Lipinski definition) is 2. The lowest BCUT2D eigenvalue weighted by Gasteiger charge is -2.41. The number of fused-ring (bicyclic) bond motifs is 6. The Morgan fingerprint density at radius 1 is 0.850 bits per heavy atom. The lowest BCUT2D eigenvalue weighted by Crippen LogP contribution is -2.44. The number of amides is 1. The van der Waals surface area contributed by atoms with E-state index in [4.69, 9.17) is 16.2 Å². The Labute approximate surface area is 227 Å². The van der Waals surface area contributed by atoms with Crippen LogP contribution in [0, 0.1) is 6.92 Å². The highest BCUT2D eigenvalue weighted by Crippen LogP contribution is 2.57. The van der Waals surface area contributed by atoms with Crippen LogP contribution < -0.4 is 16.2 Å². The number of halogens is 3. The average molecular weight is 542 g/mol. The molecule has 0 bridgehead atoms. The van der Waals surface area contributed by atoms with Crippen molar-refractivity contribution in [3.8, 4) is 11.5 Å². The number of carbonyl (C=O) groups excluding carboxylic acids is 1. The Kier molecular flexibility index (Phi) is 5.65. The Hall–Kier alpha value is -5.12. The van der Waals surface area contributed by atoms with Gasteiger partial charge >= 0.3 is 6.18 Å². The average Bonchev–Trinajstić information content (AvgIpc) is 3.15. The van der Waals surface area contributed by atoms with Crippen molar-refractivity contribution in [3.05, 3.63) is 112 Å². The molecule has 0 radical (unpaired) electrons. The van der Waals surface area contributed by atoms with Crippen molar-refractivity contribution in [1.82, 2.24) is 5.01 Å². The molecule has 0 aromatic heterocycles. The molecule has 7 nitrogen and oxygen atoms in total. The summed E-state index contributed by atoms with van der Waals surface area (Å²) in [6.45, 7) is 1.36. The minimum Gasteiger partial charge on any atom is -0.456 e. The van der Waals surface area contributed by atoms with Crippen molar-refractivity contribution in [2.75, 3.05) is 11.5 Å². The maximum absolute atomic E-state index is 13.8. The summed E-state index contributed by atoms with van der Waals surface area (Å²) in [5.74, 6) is 0.509. The van der Waals surface area contributed by atoms with Crippen LogP contribution in [0.5, 0.6) is 11.5 Å². The van der Waals surface area contributed by atoms with E-state index in [-0.39, 0.29) is 17.2 Å². The minimum atomic E-state index is -4.50. The number of carbonyl (C=O) groups is 1. The molecule has 40 heavy (non-hydrogen) atoms. The normalized spacial score (nSPS) is 15.4. The Morgan fingerprint density at radius 2 is 1.50 bits per heavy atom. The van der Waals surface area contributed by atoms with E-state index in [1.54, 1.807) is 48.5 Å². The molecule has 1 spiro atoms. The van der Waals surface area contributed by atoms with Crippen LogP contribution in [-0.2, 0) is 11.7 Å². The molecule has 0 saturated carbocycles. The van der Waals surface area contributed by atoms with Gasteiger partial charge in [0.2, 0.25) is 0 Å². The summed E-state index contributed by atoms with van der Waals surface area (Å²) in [5, 5.41) is 5.87. The lowest BCUT2D eigenvalue weighted by molar-refractivity contribution is -0.138. The highest BCUT2D eigenvalue weighted by atomic mass is 19.4. The van der Waals surface area contributed by atoms with Crippen LogP contribution in [0.4, 0.5) is 30.2 Å². The highest BCUT2D eigenvalue weighted by Gasteiger charge is 2.57. The zero-order valence-electron chi connectivity index (χ0n) is 21.1. The topological polar surface area (TPSA) is 106 Å². The first-order valence-corrected chi connectivity index (χ1v) is 12.3. The standard InChI is InChI=1S/C30H22F3N5O2/c1-17-21(30(31,32)33)7-4-8-25(17)36-13-14-37-38-28(39)20-5-2-3-6-22(20)29(38)23-11-9-18(34)15-26(23)40-27-16-19(35)10-12-24(27)29/h2-16H,34-35H2,1H3/b36-13+,37-14+. The Bertz CT molecular complexity index is 1690. The van der Waals surface area contributed by atoms with Gasteiger partial charge in [-0.1, -0.05) is 36.4 Å². The molecule has 2 heterocycles. The van der Waals surface area contributed by atoms with Gasteiger partial charge in [-0.25, -0.2) is 5.01 Å².